The Morgan fingerprint density at radius 1 is 1.15 bits per heavy atom. The number of hydrogen-bond donors (Lipinski definition) is 1. The van der Waals surface area contributed by atoms with E-state index in [0.29, 0.717) is 15.6 Å². The number of anilines is 1. The fourth-order valence-corrected chi connectivity index (χ4v) is 4.14. The number of carbonyl (C=O) groups is 1. The Labute approximate surface area is 166 Å². The van der Waals surface area contributed by atoms with Gasteiger partial charge in [-0.25, -0.2) is 4.98 Å². The molecule has 0 saturated carbocycles. The van der Waals surface area contributed by atoms with E-state index in [4.69, 9.17) is 16.6 Å². The molecule has 2 heterocycles. The lowest BCUT2D eigenvalue weighted by Gasteiger charge is -2.06. The lowest BCUT2D eigenvalue weighted by molar-refractivity contribution is 0.103. The minimum atomic E-state index is -0.147. The van der Waals surface area contributed by atoms with E-state index in [9.17, 15) is 4.79 Å². The van der Waals surface area contributed by atoms with Gasteiger partial charge >= 0.3 is 0 Å². The highest BCUT2D eigenvalue weighted by atomic mass is 35.5. The minimum absolute atomic E-state index is 0.147. The van der Waals surface area contributed by atoms with Gasteiger partial charge in [-0.15, -0.1) is 11.3 Å². The molecule has 0 radical (unpaired) electrons. The number of imidazole rings is 1. The van der Waals surface area contributed by atoms with Gasteiger partial charge in [-0.1, -0.05) is 36.7 Å². The van der Waals surface area contributed by atoms with Crippen LogP contribution >= 0.6 is 22.9 Å². The molecule has 0 aliphatic carbocycles. The first-order valence-corrected chi connectivity index (χ1v) is 9.97. The molecule has 0 saturated heterocycles. The average molecular weight is 396 g/mol. The van der Waals surface area contributed by atoms with Gasteiger partial charge in [-0.3, -0.25) is 4.79 Å². The summed E-state index contributed by atoms with van der Waals surface area (Å²) < 4.78 is 2.22. The van der Waals surface area contributed by atoms with Gasteiger partial charge in [-0.2, -0.15) is 0 Å². The summed E-state index contributed by atoms with van der Waals surface area (Å²) in [6.07, 6.45) is 1.01. The smallest absolute Gasteiger partial charge is 0.265 e. The molecule has 136 valence electrons. The Hall–Kier alpha value is -2.63. The molecule has 2 aromatic carbocycles. The molecule has 0 bridgehead atoms. The lowest BCUT2D eigenvalue weighted by atomic mass is 10.3. The average Bonchev–Trinajstić information content (AvgIpc) is 3.27. The Bertz CT molecular complexity index is 1120. The molecule has 4 nitrogen and oxygen atoms in total. The van der Waals surface area contributed by atoms with E-state index in [1.165, 1.54) is 11.3 Å². The van der Waals surface area contributed by atoms with Crippen molar-refractivity contribution in [3.63, 3.8) is 0 Å². The molecule has 0 unspecified atom stereocenters. The van der Waals surface area contributed by atoms with E-state index in [2.05, 4.69) is 22.9 Å². The zero-order valence-electron chi connectivity index (χ0n) is 14.8. The molecule has 6 heteroatoms. The Morgan fingerprint density at radius 2 is 2.00 bits per heavy atom. The molecule has 2 aromatic heterocycles. The number of aryl methyl sites for hydroxylation is 1. The van der Waals surface area contributed by atoms with Crippen LogP contribution in [0.2, 0.25) is 5.02 Å². The highest BCUT2D eigenvalue weighted by Crippen LogP contribution is 2.31. The van der Waals surface area contributed by atoms with Crippen LogP contribution in [0.25, 0.3) is 21.7 Å². The molecular weight excluding hydrogens is 378 g/mol. The van der Waals surface area contributed by atoms with Crippen molar-refractivity contribution in [2.45, 2.75) is 19.9 Å². The molecule has 1 N–H and O–H groups in total. The van der Waals surface area contributed by atoms with Crippen molar-refractivity contribution in [2.75, 3.05) is 5.32 Å². The van der Waals surface area contributed by atoms with Crippen LogP contribution in [0.15, 0.2) is 60.7 Å². The van der Waals surface area contributed by atoms with Crippen LogP contribution in [0.5, 0.6) is 0 Å². The van der Waals surface area contributed by atoms with Crippen molar-refractivity contribution < 1.29 is 4.79 Å². The third kappa shape index (κ3) is 3.61. The van der Waals surface area contributed by atoms with Gasteiger partial charge in [0, 0.05) is 17.3 Å². The summed E-state index contributed by atoms with van der Waals surface area (Å²) in [5.41, 5.74) is 2.77. The highest BCUT2D eigenvalue weighted by Gasteiger charge is 2.16. The van der Waals surface area contributed by atoms with Crippen LogP contribution in [0.1, 0.15) is 23.0 Å². The molecule has 27 heavy (non-hydrogen) atoms. The Balaban J connectivity index is 1.65. The minimum Gasteiger partial charge on any atom is -0.323 e. The molecule has 4 rings (SSSR count). The fraction of sp³-hybridized carbons (Fsp3) is 0.143. The monoisotopic (exact) mass is 395 g/mol. The maximum Gasteiger partial charge on any atom is 0.265 e. The predicted octanol–water partition coefficient (Wildman–Crippen LogP) is 6.08. The molecule has 0 atom stereocenters. The molecular formula is C21H18ClN3OS. The summed E-state index contributed by atoms with van der Waals surface area (Å²) in [7, 11) is 0. The normalized spacial score (nSPS) is 11.0. The van der Waals surface area contributed by atoms with Crippen molar-refractivity contribution >= 4 is 45.6 Å². The molecule has 0 aliphatic heterocycles. The molecule has 1 amide bonds. The number of para-hydroxylation sites is 2. The summed E-state index contributed by atoms with van der Waals surface area (Å²) in [6, 6.07) is 19.1. The van der Waals surface area contributed by atoms with E-state index in [-0.39, 0.29) is 5.91 Å². The van der Waals surface area contributed by atoms with E-state index in [1.54, 1.807) is 12.1 Å². The molecule has 4 aromatic rings. The first-order chi connectivity index (χ1) is 13.2. The van der Waals surface area contributed by atoms with Crippen LogP contribution in [0.3, 0.4) is 0 Å². The molecule has 0 spiro atoms. The quantitative estimate of drug-likeness (QED) is 0.445. The van der Waals surface area contributed by atoms with Crippen molar-refractivity contribution in [1.82, 2.24) is 9.55 Å². The standard InChI is InChI=1S/C21H18ClN3OS/c1-2-12-25-17-9-4-3-8-16(17)24-20(25)18-10-11-19(27-18)21(26)23-15-7-5-6-14(22)13-15/h3-11,13H,2,12H2,1H3,(H,23,26). The fourth-order valence-electron chi connectivity index (χ4n) is 3.05. The predicted molar refractivity (Wildman–Crippen MR) is 113 cm³/mol. The number of fused-ring (bicyclic) bond motifs is 1. The third-order valence-electron chi connectivity index (χ3n) is 4.23. The number of nitrogens with one attached hydrogen (secondary N) is 1. The SMILES string of the molecule is CCCn1c(-c2ccc(C(=O)Nc3cccc(Cl)c3)s2)nc2ccccc21. The number of hydrogen-bond acceptors (Lipinski definition) is 3. The first kappa shape index (κ1) is 17.8. The van der Waals surface area contributed by atoms with Gasteiger partial charge in [-0.05, 0) is 48.9 Å². The van der Waals surface area contributed by atoms with Crippen LogP contribution in [-0.2, 0) is 6.54 Å². The van der Waals surface area contributed by atoms with E-state index >= 15 is 0 Å². The summed E-state index contributed by atoms with van der Waals surface area (Å²) >= 11 is 7.43. The summed E-state index contributed by atoms with van der Waals surface area (Å²) in [5.74, 6) is 0.761. The molecule has 0 fully saturated rings. The number of halogens is 1. The second kappa shape index (κ2) is 7.55. The summed E-state index contributed by atoms with van der Waals surface area (Å²) in [6.45, 7) is 3.04. The largest absolute Gasteiger partial charge is 0.323 e. The summed E-state index contributed by atoms with van der Waals surface area (Å²) in [5, 5.41) is 3.48. The number of amides is 1. The zero-order chi connectivity index (χ0) is 18.8. The first-order valence-electron chi connectivity index (χ1n) is 8.78. The van der Waals surface area contributed by atoms with Crippen LogP contribution in [0, 0.1) is 0 Å². The molecule has 0 aliphatic rings. The van der Waals surface area contributed by atoms with E-state index < -0.39 is 0 Å². The van der Waals surface area contributed by atoms with Crippen LogP contribution in [-0.4, -0.2) is 15.5 Å². The van der Waals surface area contributed by atoms with Crippen molar-refractivity contribution in [1.29, 1.82) is 0 Å². The van der Waals surface area contributed by atoms with Gasteiger partial charge in [0.25, 0.3) is 5.91 Å². The van der Waals surface area contributed by atoms with Gasteiger partial charge in [0.15, 0.2) is 5.82 Å². The number of carbonyl (C=O) groups excluding carboxylic acids is 1. The van der Waals surface area contributed by atoms with Crippen molar-refractivity contribution in [3.8, 4) is 10.7 Å². The maximum atomic E-state index is 12.6. The highest BCUT2D eigenvalue weighted by molar-refractivity contribution is 7.17. The number of rotatable bonds is 5. The second-order valence-corrected chi connectivity index (χ2v) is 7.72. The zero-order valence-corrected chi connectivity index (χ0v) is 16.3. The van der Waals surface area contributed by atoms with Crippen LogP contribution in [0.4, 0.5) is 5.69 Å². The Morgan fingerprint density at radius 3 is 2.81 bits per heavy atom. The topological polar surface area (TPSA) is 46.9 Å². The van der Waals surface area contributed by atoms with E-state index in [0.717, 1.165) is 34.7 Å². The summed E-state index contributed by atoms with van der Waals surface area (Å²) in [4.78, 5) is 19.0. The maximum absolute atomic E-state index is 12.6. The third-order valence-corrected chi connectivity index (χ3v) is 5.55. The van der Waals surface area contributed by atoms with Crippen LogP contribution < -0.4 is 5.32 Å². The number of thiophene rings is 1. The van der Waals surface area contributed by atoms with E-state index in [1.807, 2.05) is 42.5 Å². The number of aromatic nitrogens is 2. The Kier molecular flexibility index (Phi) is 4.97. The van der Waals surface area contributed by atoms with Gasteiger partial charge in [0.05, 0.1) is 20.8 Å². The second-order valence-electron chi connectivity index (χ2n) is 6.20. The number of benzene rings is 2. The van der Waals surface area contributed by atoms with Gasteiger partial charge in [0.1, 0.15) is 0 Å². The van der Waals surface area contributed by atoms with Gasteiger partial charge in [0.2, 0.25) is 0 Å². The van der Waals surface area contributed by atoms with Gasteiger partial charge < -0.3 is 9.88 Å². The van der Waals surface area contributed by atoms with Crippen molar-refractivity contribution in [3.05, 3.63) is 70.6 Å². The van der Waals surface area contributed by atoms with Crippen molar-refractivity contribution in [2.24, 2.45) is 0 Å². The number of nitrogens with zero attached hydrogens (tertiary/aromatic N) is 2. The lowest BCUT2D eigenvalue weighted by Crippen LogP contribution is -2.09.